The number of H-pyrrole nitrogens is 1. The Morgan fingerprint density at radius 3 is 2.83 bits per heavy atom. The summed E-state index contributed by atoms with van der Waals surface area (Å²) in [6, 6.07) is 4.89. The van der Waals surface area contributed by atoms with E-state index in [-0.39, 0.29) is 11.7 Å². The lowest BCUT2D eigenvalue weighted by atomic mass is 9.89. The van der Waals surface area contributed by atoms with Crippen LogP contribution in [-0.4, -0.2) is 54.4 Å². The van der Waals surface area contributed by atoms with Gasteiger partial charge in [0.15, 0.2) is 0 Å². The molecule has 128 valence electrons. The molecule has 1 aliphatic rings. The van der Waals surface area contributed by atoms with Gasteiger partial charge >= 0.3 is 0 Å². The monoisotopic (exact) mass is 329 g/mol. The summed E-state index contributed by atoms with van der Waals surface area (Å²) >= 11 is 0. The zero-order chi connectivity index (χ0) is 17.1. The Morgan fingerprint density at radius 1 is 1.38 bits per heavy atom. The number of nitrogens with zero attached hydrogens (tertiary/aromatic N) is 2. The number of nitrogens with one attached hydrogen (secondary N) is 1. The summed E-state index contributed by atoms with van der Waals surface area (Å²) in [5.74, 6) is 0.288. The van der Waals surface area contributed by atoms with Crippen LogP contribution < -0.4 is 0 Å². The molecule has 2 heterocycles. The van der Waals surface area contributed by atoms with Crippen LogP contribution in [0.3, 0.4) is 0 Å². The molecule has 0 atom stereocenters. The van der Waals surface area contributed by atoms with Crippen molar-refractivity contribution in [1.29, 1.82) is 0 Å². The lowest BCUT2D eigenvalue weighted by Crippen LogP contribution is -2.37. The molecule has 1 amide bonds. The van der Waals surface area contributed by atoms with E-state index in [1.807, 2.05) is 42.2 Å². The van der Waals surface area contributed by atoms with Crippen LogP contribution in [0.4, 0.5) is 4.39 Å². The van der Waals surface area contributed by atoms with Crippen LogP contribution in [-0.2, 0) is 4.79 Å². The number of carbonyl (C=O) groups is 1. The van der Waals surface area contributed by atoms with Gasteiger partial charge in [-0.1, -0.05) is 6.08 Å². The fourth-order valence-corrected chi connectivity index (χ4v) is 3.34. The van der Waals surface area contributed by atoms with Gasteiger partial charge in [-0.3, -0.25) is 4.79 Å². The first-order chi connectivity index (χ1) is 11.5. The van der Waals surface area contributed by atoms with Crippen LogP contribution in [0.2, 0.25) is 0 Å². The van der Waals surface area contributed by atoms with Crippen molar-refractivity contribution in [1.82, 2.24) is 14.8 Å². The highest BCUT2D eigenvalue weighted by molar-refractivity contribution is 5.88. The first-order valence-electron chi connectivity index (χ1n) is 8.41. The van der Waals surface area contributed by atoms with Crippen molar-refractivity contribution in [2.75, 3.05) is 33.7 Å². The summed E-state index contributed by atoms with van der Waals surface area (Å²) in [7, 11) is 3.96. The van der Waals surface area contributed by atoms with Gasteiger partial charge in [-0.25, -0.2) is 4.39 Å². The minimum atomic E-state index is -0.221. The number of fused-ring (bicyclic) bond motifs is 1. The SMILES string of the molecule is CN(C)C/C=C/C(=O)N1CCC(c2c[nH]c3cc(F)ccc23)CC1. The lowest BCUT2D eigenvalue weighted by Gasteiger charge is -2.31. The highest BCUT2D eigenvalue weighted by Crippen LogP contribution is 2.33. The van der Waals surface area contributed by atoms with Gasteiger partial charge in [-0.05, 0) is 56.6 Å². The molecule has 0 spiro atoms. The Hall–Kier alpha value is -2.14. The van der Waals surface area contributed by atoms with E-state index in [0.29, 0.717) is 5.92 Å². The number of aromatic nitrogens is 1. The third-order valence-electron chi connectivity index (χ3n) is 4.65. The van der Waals surface area contributed by atoms with Gasteiger partial charge in [-0.15, -0.1) is 0 Å². The van der Waals surface area contributed by atoms with Gasteiger partial charge < -0.3 is 14.8 Å². The summed E-state index contributed by atoms with van der Waals surface area (Å²) in [6.45, 7) is 2.31. The molecule has 1 fully saturated rings. The van der Waals surface area contributed by atoms with E-state index in [2.05, 4.69) is 4.98 Å². The molecular weight excluding hydrogens is 305 g/mol. The maximum absolute atomic E-state index is 13.3. The zero-order valence-electron chi connectivity index (χ0n) is 14.3. The van der Waals surface area contributed by atoms with E-state index in [0.717, 1.165) is 43.4 Å². The fourth-order valence-electron chi connectivity index (χ4n) is 3.34. The normalized spacial score (nSPS) is 16.6. The number of carbonyl (C=O) groups excluding carboxylic acids is 1. The first kappa shape index (κ1) is 16.7. The third-order valence-corrected chi connectivity index (χ3v) is 4.65. The van der Waals surface area contributed by atoms with E-state index in [1.165, 1.54) is 17.7 Å². The summed E-state index contributed by atoms with van der Waals surface area (Å²) in [5.41, 5.74) is 2.08. The number of benzene rings is 1. The van der Waals surface area contributed by atoms with Crippen molar-refractivity contribution in [3.8, 4) is 0 Å². The highest BCUT2D eigenvalue weighted by Gasteiger charge is 2.24. The maximum Gasteiger partial charge on any atom is 0.246 e. The molecule has 1 aromatic carbocycles. The zero-order valence-corrected chi connectivity index (χ0v) is 14.3. The number of likely N-dealkylation sites (N-methyl/N-ethyl adjacent to an activating group) is 1. The molecule has 1 N–H and O–H groups in total. The van der Waals surface area contributed by atoms with Crippen LogP contribution in [0.1, 0.15) is 24.3 Å². The number of likely N-dealkylation sites (tertiary alicyclic amines) is 1. The minimum Gasteiger partial charge on any atom is -0.361 e. The Kier molecular flexibility index (Phi) is 5.00. The minimum absolute atomic E-state index is 0.0938. The number of piperidine rings is 1. The molecule has 1 saturated heterocycles. The average Bonchev–Trinajstić information content (AvgIpc) is 2.97. The van der Waals surface area contributed by atoms with Gasteiger partial charge in [0.05, 0.1) is 0 Å². The summed E-state index contributed by atoms with van der Waals surface area (Å²) in [5, 5.41) is 1.09. The van der Waals surface area contributed by atoms with Gasteiger partial charge in [-0.2, -0.15) is 0 Å². The molecular formula is C19H24FN3O. The molecule has 5 heteroatoms. The number of hydrogen-bond acceptors (Lipinski definition) is 2. The third kappa shape index (κ3) is 3.67. The lowest BCUT2D eigenvalue weighted by molar-refractivity contribution is -0.127. The topological polar surface area (TPSA) is 39.3 Å². The molecule has 0 saturated carbocycles. The molecule has 4 nitrogen and oxygen atoms in total. The largest absolute Gasteiger partial charge is 0.361 e. The van der Waals surface area contributed by atoms with E-state index in [9.17, 15) is 9.18 Å². The maximum atomic E-state index is 13.3. The van der Waals surface area contributed by atoms with E-state index < -0.39 is 0 Å². The quantitative estimate of drug-likeness (QED) is 0.876. The van der Waals surface area contributed by atoms with Crippen LogP contribution >= 0.6 is 0 Å². The second kappa shape index (κ2) is 7.18. The number of halogens is 1. The van der Waals surface area contributed by atoms with Crippen molar-refractivity contribution in [2.45, 2.75) is 18.8 Å². The summed E-state index contributed by atoms with van der Waals surface area (Å²) in [4.78, 5) is 19.3. The molecule has 0 aliphatic carbocycles. The van der Waals surface area contributed by atoms with Crippen molar-refractivity contribution < 1.29 is 9.18 Å². The fraction of sp³-hybridized carbons (Fsp3) is 0.421. The van der Waals surface area contributed by atoms with Gasteiger partial charge in [0.25, 0.3) is 0 Å². The molecule has 1 aromatic heterocycles. The molecule has 24 heavy (non-hydrogen) atoms. The average molecular weight is 329 g/mol. The standard InChI is InChI=1S/C19H24FN3O/c1-22(2)9-3-4-19(24)23-10-7-14(8-11-23)17-13-21-18-12-15(20)5-6-16(17)18/h3-6,12-14,21H,7-11H2,1-2H3/b4-3+. The van der Waals surface area contributed by atoms with Crippen molar-refractivity contribution in [2.24, 2.45) is 0 Å². The predicted octanol–water partition coefficient (Wildman–Crippen LogP) is 3.13. The number of amides is 1. The number of hydrogen-bond donors (Lipinski definition) is 1. The Morgan fingerprint density at radius 2 is 2.12 bits per heavy atom. The van der Waals surface area contributed by atoms with E-state index >= 15 is 0 Å². The number of rotatable bonds is 4. The van der Waals surface area contributed by atoms with Crippen LogP contribution in [0, 0.1) is 5.82 Å². The van der Waals surface area contributed by atoms with E-state index in [4.69, 9.17) is 0 Å². The molecule has 3 rings (SSSR count). The summed E-state index contributed by atoms with van der Waals surface area (Å²) in [6.07, 6.45) is 7.45. The smallest absolute Gasteiger partial charge is 0.246 e. The van der Waals surface area contributed by atoms with Gasteiger partial charge in [0.2, 0.25) is 5.91 Å². The molecule has 1 aliphatic heterocycles. The Balaban J connectivity index is 1.62. The Bertz CT molecular complexity index is 742. The summed E-state index contributed by atoms with van der Waals surface area (Å²) < 4.78 is 13.3. The van der Waals surface area contributed by atoms with Crippen LogP contribution in [0.25, 0.3) is 10.9 Å². The van der Waals surface area contributed by atoms with E-state index in [1.54, 1.807) is 6.08 Å². The van der Waals surface area contributed by atoms with Crippen molar-refractivity contribution >= 4 is 16.8 Å². The highest BCUT2D eigenvalue weighted by atomic mass is 19.1. The van der Waals surface area contributed by atoms with Crippen LogP contribution in [0.5, 0.6) is 0 Å². The van der Waals surface area contributed by atoms with Crippen molar-refractivity contribution in [3.63, 3.8) is 0 Å². The second-order valence-electron chi connectivity index (χ2n) is 6.70. The molecule has 0 unspecified atom stereocenters. The van der Waals surface area contributed by atoms with Gasteiger partial charge in [0, 0.05) is 42.8 Å². The number of aromatic amines is 1. The first-order valence-corrected chi connectivity index (χ1v) is 8.41. The second-order valence-corrected chi connectivity index (χ2v) is 6.70. The molecule has 0 radical (unpaired) electrons. The van der Waals surface area contributed by atoms with Crippen LogP contribution in [0.15, 0.2) is 36.5 Å². The molecule has 0 bridgehead atoms. The van der Waals surface area contributed by atoms with Crippen molar-refractivity contribution in [3.05, 3.63) is 47.9 Å². The predicted molar refractivity (Wildman–Crippen MR) is 94.5 cm³/mol. The molecule has 2 aromatic rings. The van der Waals surface area contributed by atoms with Gasteiger partial charge in [0.1, 0.15) is 5.82 Å². The Labute approximate surface area is 141 Å².